The van der Waals surface area contributed by atoms with E-state index in [2.05, 4.69) is 10.6 Å². The van der Waals surface area contributed by atoms with Crippen molar-refractivity contribution in [3.05, 3.63) is 54.1 Å². The normalized spacial score (nSPS) is 15.3. The molecule has 2 aromatic rings. The van der Waals surface area contributed by atoms with Crippen molar-refractivity contribution >= 4 is 27.6 Å². The van der Waals surface area contributed by atoms with Crippen LogP contribution in [0.15, 0.2) is 53.4 Å². The number of amides is 3. The van der Waals surface area contributed by atoms with Gasteiger partial charge in [-0.2, -0.15) is 4.31 Å². The lowest BCUT2D eigenvalue weighted by atomic mass is 10.2. The third-order valence-electron chi connectivity index (χ3n) is 4.96. The summed E-state index contributed by atoms with van der Waals surface area (Å²) in [5.41, 5.74) is 1.52. The Hall–Kier alpha value is -2.95. The quantitative estimate of drug-likeness (QED) is 0.699. The maximum absolute atomic E-state index is 12.8. The van der Waals surface area contributed by atoms with Crippen molar-refractivity contribution in [1.29, 1.82) is 0 Å². The van der Waals surface area contributed by atoms with Gasteiger partial charge in [-0.25, -0.2) is 13.2 Å². The first kappa shape index (κ1) is 22.7. The molecular weight excluding hydrogens is 420 g/mol. The summed E-state index contributed by atoms with van der Waals surface area (Å²) in [6.45, 7) is 3.27. The highest BCUT2D eigenvalue weighted by atomic mass is 32.2. The third-order valence-corrected chi connectivity index (χ3v) is 6.87. The van der Waals surface area contributed by atoms with E-state index in [4.69, 9.17) is 4.74 Å². The van der Waals surface area contributed by atoms with Crippen LogP contribution < -0.4 is 15.4 Å². The molecule has 1 fully saturated rings. The van der Waals surface area contributed by atoms with E-state index in [9.17, 15) is 18.0 Å². The number of urea groups is 1. The van der Waals surface area contributed by atoms with E-state index >= 15 is 0 Å². The topological polar surface area (TPSA) is 108 Å². The molecule has 0 unspecified atom stereocenters. The molecule has 31 heavy (non-hydrogen) atoms. The van der Waals surface area contributed by atoms with Crippen molar-refractivity contribution in [2.75, 3.05) is 45.2 Å². The van der Waals surface area contributed by atoms with Crippen molar-refractivity contribution in [1.82, 2.24) is 14.5 Å². The minimum Gasteiger partial charge on any atom is -0.497 e. The SMILES string of the molecule is COc1ccc(NC(=O)NC(=O)CN2CCN(S(=O)(=O)c3ccc(C)cc3)CC2)cc1. The van der Waals surface area contributed by atoms with Crippen molar-refractivity contribution in [3.8, 4) is 5.75 Å². The number of anilines is 1. The molecule has 9 nitrogen and oxygen atoms in total. The largest absolute Gasteiger partial charge is 0.497 e. The second kappa shape index (κ2) is 9.90. The molecule has 166 valence electrons. The molecule has 1 aliphatic rings. The second-order valence-corrected chi connectivity index (χ2v) is 9.16. The maximum Gasteiger partial charge on any atom is 0.325 e. The molecule has 0 saturated carbocycles. The smallest absolute Gasteiger partial charge is 0.325 e. The van der Waals surface area contributed by atoms with Crippen molar-refractivity contribution in [2.24, 2.45) is 0 Å². The molecule has 0 spiro atoms. The van der Waals surface area contributed by atoms with Gasteiger partial charge in [0.15, 0.2) is 0 Å². The fraction of sp³-hybridized carbons (Fsp3) is 0.333. The Kier molecular flexibility index (Phi) is 7.26. The van der Waals surface area contributed by atoms with Crippen molar-refractivity contribution < 1.29 is 22.7 Å². The van der Waals surface area contributed by atoms with Crippen LogP contribution >= 0.6 is 0 Å². The molecule has 0 aliphatic carbocycles. The lowest BCUT2D eigenvalue weighted by Gasteiger charge is -2.33. The molecule has 0 radical (unpaired) electrons. The average molecular weight is 447 g/mol. The molecule has 3 amide bonds. The molecule has 1 aliphatic heterocycles. The van der Waals surface area contributed by atoms with Crippen LogP contribution in [0.3, 0.4) is 0 Å². The third kappa shape index (κ3) is 6.03. The van der Waals surface area contributed by atoms with Gasteiger partial charge in [0.1, 0.15) is 5.75 Å². The van der Waals surface area contributed by atoms with Gasteiger partial charge in [-0.3, -0.25) is 15.0 Å². The number of carbonyl (C=O) groups is 2. The number of carbonyl (C=O) groups excluding carboxylic acids is 2. The lowest BCUT2D eigenvalue weighted by molar-refractivity contribution is -0.121. The lowest BCUT2D eigenvalue weighted by Crippen LogP contribution is -2.51. The Morgan fingerprint density at radius 1 is 0.968 bits per heavy atom. The molecule has 1 heterocycles. The van der Waals surface area contributed by atoms with Crippen LogP contribution in [0, 0.1) is 6.92 Å². The summed E-state index contributed by atoms with van der Waals surface area (Å²) < 4.78 is 32.0. The minimum absolute atomic E-state index is 0.00838. The van der Waals surface area contributed by atoms with Gasteiger partial charge in [0.2, 0.25) is 15.9 Å². The van der Waals surface area contributed by atoms with Crippen LogP contribution in [0.2, 0.25) is 0 Å². The number of sulfonamides is 1. The fourth-order valence-corrected chi connectivity index (χ4v) is 4.62. The van der Waals surface area contributed by atoms with Crippen LogP contribution in [0.1, 0.15) is 5.56 Å². The fourth-order valence-electron chi connectivity index (χ4n) is 3.19. The predicted molar refractivity (Wildman–Crippen MR) is 117 cm³/mol. The Labute approximate surface area is 182 Å². The Bertz CT molecular complexity index is 1010. The number of ether oxygens (including phenoxy) is 1. The Balaban J connectivity index is 1.46. The number of rotatable bonds is 6. The first-order chi connectivity index (χ1) is 14.8. The van der Waals surface area contributed by atoms with Crippen LogP contribution in [0.5, 0.6) is 5.75 Å². The van der Waals surface area contributed by atoms with Gasteiger partial charge in [-0.15, -0.1) is 0 Å². The summed E-state index contributed by atoms with van der Waals surface area (Å²) in [5, 5.41) is 4.86. The number of imide groups is 1. The Morgan fingerprint density at radius 3 is 2.16 bits per heavy atom. The van der Waals surface area contributed by atoms with Gasteiger partial charge >= 0.3 is 6.03 Å². The first-order valence-electron chi connectivity index (χ1n) is 9.82. The minimum atomic E-state index is -3.56. The zero-order chi connectivity index (χ0) is 22.4. The summed E-state index contributed by atoms with van der Waals surface area (Å²) in [6, 6.07) is 12.8. The van der Waals surface area contributed by atoms with Crippen molar-refractivity contribution in [3.63, 3.8) is 0 Å². The van der Waals surface area contributed by atoms with E-state index in [0.717, 1.165) is 5.56 Å². The highest BCUT2D eigenvalue weighted by molar-refractivity contribution is 7.89. The molecule has 10 heteroatoms. The van der Waals surface area contributed by atoms with Gasteiger partial charge in [-0.05, 0) is 43.3 Å². The van der Waals surface area contributed by atoms with E-state index in [-0.39, 0.29) is 24.5 Å². The van der Waals surface area contributed by atoms with Gasteiger partial charge < -0.3 is 10.1 Å². The second-order valence-electron chi connectivity index (χ2n) is 7.22. The molecule has 0 aromatic heterocycles. The van der Waals surface area contributed by atoms with Crippen molar-refractivity contribution in [2.45, 2.75) is 11.8 Å². The molecule has 2 aromatic carbocycles. The zero-order valence-electron chi connectivity index (χ0n) is 17.5. The number of hydrogen-bond acceptors (Lipinski definition) is 6. The van der Waals surface area contributed by atoms with E-state index < -0.39 is 22.0 Å². The van der Waals surface area contributed by atoms with Gasteiger partial charge in [0.05, 0.1) is 18.6 Å². The number of nitrogens with one attached hydrogen (secondary N) is 2. The van der Waals surface area contributed by atoms with Gasteiger partial charge in [0.25, 0.3) is 0 Å². The summed E-state index contributed by atoms with van der Waals surface area (Å²) in [6.07, 6.45) is 0. The van der Waals surface area contributed by atoms with E-state index in [1.807, 2.05) is 11.8 Å². The van der Waals surface area contributed by atoms with Crippen LogP contribution in [-0.2, 0) is 14.8 Å². The summed E-state index contributed by atoms with van der Waals surface area (Å²) in [7, 11) is -2.01. The van der Waals surface area contributed by atoms with E-state index in [1.165, 1.54) is 4.31 Å². The number of hydrogen-bond donors (Lipinski definition) is 2. The number of benzene rings is 2. The Morgan fingerprint density at radius 2 is 1.58 bits per heavy atom. The standard InChI is InChI=1S/C21H26N4O5S/c1-16-3-9-19(10-4-16)31(28,29)25-13-11-24(12-14-25)15-20(26)23-21(27)22-17-5-7-18(30-2)8-6-17/h3-10H,11-15H2,1-2H3,(H2,22,23,26,27). The van der Waals surface area contributed by atoms with Gasteiger partial charge in [0, 0.05) is 31.9 Å². The predicted octanol–water partition coefficient (Wildman–Crippen LogP) is 1.66. The molecule has 0 atom stereocenters. The zero-order valence-corrected chi connectivity index (χ0v) is 18.3. The number of piperazine rings is 1. The summed E-state index contributed by atoms with van der Waals surface area (Å²) in [4.78, 5) is 26.3. The summed E-state index contributed by atoms with van der Waals surface area (Å²) >= 11 is 0. The molecular formula is C21H26N4O5S. The van der Waals surface area contributed by atoms with E-state index in [1.54, 1.807) is 55.6 Å². The van der Waals surface area contributed by atoms with Crippen LogP contribution in [0.25, 0.3) is 0 Å². The highest BCUT2D eigenvalue weighted by Gasteiger charge is 2.29. The highest BCUT2D eigenvalue weighted by Crippen LogP contribution is 2.18. The monoisotopic (exact) mass is 446 g/mol. The van der Waals surface area contributed by atoms with E-state index in [0.29, 0.717) is 24.5 Å². The molecule has 1 saturated heterocycles. The average Bonchev–Trinajstić information content (AvgIpc) is 2.75. The van der Waals surface area contributed by atoms with Crippen LogP contribution in [-0.4, -0.2) is 69.4 Å². The molecule has 3 rings (SSSR count). The molecule has 2 N–H and O–H groups in total. The first-order valence-corrected chi connectivity index (χ1v) is 11.3. The number of nitrogens with zero attached hydrogens (tertiary/aromatic N) is 2. The van der Waals surface area contributed by atoms with Crippen LogP contribution in [0.4, 0.5) is 10.5 Å². The number of methoxy groups -OCH3 is 1. The molecule has 0 bridgehead atoms. The number of aryl methyl sites for hydroxylation is 1. The summed E-state index contributed by atoms with van der Waals surface area (Å²) in [5.74, 6) is 0.200. The maximum atomic E-state index is 12.8. The van der Waals surface area contributed by atoms with Gasteiger partial charge in [-0.1, -0.05) is 17.7 Å².